The summed E-state index contributed by atoms with van der Waals surface area (Å²) in [6.07, 6.45) is -3.03. The van der Waals surface area contributed by atoms with Gasteiger partial charge in [0.15, 0.2) is 0 Å². The fourth-order valence-electron chi connectivity index (χ4n) is 1.92. The Morgan fingerprint density at radius 2 is 2.00 bits per heavy atom. The first-order valence-corrected chi connectivity index (χ1v) is 6.57. The number of unbranched alkanes of at least 4 members (excludes halogenated alkanes) is 1. The van der Waals surface area contributed by atoms with E-state index in [4.69, 9.17) is 4.74 Å². The van der Waals surface area contributed by atoms with Crippen LogP contribution in [0.4, 0.5) is 18.9 Å². The summed E-state index contributed by atoms with van der Waals surface area (Å²) in [6, 6.07) is 3.54. The van der Waals surface area contributed by atoms with Crippen molar-refractivity contribution in [2.75, 3.05) is 32.6 Å². The van der Waals surface area contributed by atoms with Gasteiger partial charge in [0.2, 0.25) is 0 Å². The summed E-state index contributed by atoms with van der Waals surface area (Å²) in [5.74, 6) is -0.525. The average molecular weight is 304 g/mol. The molecule has 0 aliphatic heterocycles. The van der Waals surface area contributed by atoms with Gasteiger partial charge >= 0.3 is 6.18 Å². The van der Waals surface area contributed by atoms with Crippen LogP contribution in [-0.2, 0) is 10.9 Å². The van der Waals surface area contributed by atoms with Gasteiger partial charge in [-0.15, -0.1) is 0 Å². The molecule has 1 rings (SSSR count). The molecule has 21 heavy (non-hydrogen) atoms. The molecule has 7 heteroatoms. The molecule has 1 amide bonds. The van der Waals surface area contributed by atoms with E-state index in [2.05, 4.69) is 10.6 Å². The van der Waals surface area contributed by atoms with Crippen molar-refractivity contribution in [3.63, 3.8) is 0 Å². The lowest BCUT2D eigenvalue weighted by molar-refractivity contribution is -0.136. The number of ether oxygens (including phenoxy) is 1. The van der Waals surface area contributed by atoms with Gasteiger partial charge in [0.1, 0.15) is 0 Å². The monoisotopic (exact) mass is 304 g/mol. The highest BCUT2D eigenvalue weighted by atomic mass is 19.4. The summed E-state index contributed by atoms with van der Waals surface area (Å²) in [5, 5.41) is 5.07. The van der Waals surface area contributed by atoms with Crippen LogP contribution in [0.2, 0.25) is 0 Å². The molecule has 0 saturated heterocycles. The van der Waals surface area contributed by atoms with Crippen LogP contribution in [0.15, 0.2) is 18.2 Å². The van der Waals surface area contributed by atoms with E-state index in [0.29, 0.717) is 19.6 Å². The smallest absolute Gasteiger partial charge is 0.387 e. The van der Waals surface area contributed by atoms with Gasteiger partial charge in [-0.05, 0) is 25.0 Å². The van der Waals surface area contributed by atoms with Crippen LogP contribution in [0, 0.1) is 0 Å². The molecule has 0 spiro atoms. The zero-order valence-electron chi connectivity index (χ0n) is 12.0. The summed E-state index contributed by atoms with van der Waals surface area (Å²) >= 11 is 0. The molecule has 0 saturated carbocycles. The highest BCUT2D eigenvalue weighted by Crippen LogP contribution is 2.36. The highest BCUT2D eigenvalue weighted by Gasteiger charge is 2.34. The molecule has 2 N–H and O–H groups in total. The number of anilines is 1. The van der Waals surface area contributed by atoms with Crippen LogP contribution in [0.3, 0.4) is 0 Å². The molecule has 0 aromatic heterocycles. The van der Waals surface area contributed by atoms with E-state index in [1.807, 2.05) is 0 Å². The number of rotatable bonds is 7. The lowest BCUT2D eigenvalue weighted by Crippen LogP contribution is -2.26. The molecule has 0 aliphatic rings. The number of methoxy groups -OCH3 is 1. The normalized spacial score (nSPS) is 11.3. The van der Waals surface area contributed by atoms with Crippen LogP contribution < -0.4 is 10.6 Å². The number of alkyl halides is 3. The van der Waals surface area contributed by atoms with Crippen molar-refractivity contribution in [3.8, 4) is 0 Å². The van der Waals surface area contributed by atoms with E-state index >= 15 is 0 Å². The number of nitrogens with one attached hydrogen (secondary N) is 2. The van der Waals surface area contributed by atoms with Crippen LogP contribution >= 0.6 is 0 Å². The van der Waals surface area contributed by atoms with Crippen molar-refractivity contribution < 1.29 is 22.7 Å². The third-order valence-electron chi connectivity index (χ3n) is 2.93. The SMILES string of the molecule is CNc1c(C(=O)NCCCCOC)cccc1C(F)(F)F. The van der Waals surface area contributed by atoms with Gasteiger partial charge in [-0.2, -0.15) is 13.2 Å². The largest absolute Gasteiger partial charge is 0.418 e. The molecule has 118 valence electrons. The Kier molecular flexibility index (Phi) is 6.48. The van der Waals surface area contributed by atoms with Gasteiger partial charge in [-0.25, -0.2) is 0 Å². The van der Waals surface area contributed by atoms with E-state index in [1.54, 1.807) is 7.11 Å². The Bertz CT molecular complexity index is 476. The number of benzene rings is 1. The average Bonchev–Trinajstić information content (AvgIpc) is 2.45. The first kappa shape index (κ1) is 17.3. The molecule has 0 heterocycles. The Morgan fingerprint density at radius 3 is 2.57 bits per heavy atom. The molecule has 1 aromatic carbocycles. The number of amides is 1. The number of hydrogen-bond acceptors (Lipinski definition) is 3. The Labute approximate surface area is 121 Å². The number of hydrogen-bond donors (Lipinski definition) is 2. The second-order valence-corrected chi connectivity index (χ2v) is 4.43. The molecule has 0 bridgehead atoms. The minimum atomic E-state index is -4.51. The molecular formula is C14H19F3N2O2. The Morgan fingerprint density at radius 1 is 1.29 bits per heavy atom. The molecule has 0 atom stereocenters. The second kappa shape index (κ2) is 7.87. The third kappa shape index (κ3) is 4.93. The maximum Gasteiger partial charge on any atom is 0.418 e. The lowest BCUT2D eigenvalue weighted by atomic mass is 10.1. The summed E-state index contributed by atoms with van der Waals surface area (Å²) in [7, 11) is 2.94. The maximum atomic E-state index is 12.9. The van der Waals surface area contributed by atoms with Crippen molar-refractivity contribution in [1.29, 1.82) is 0 Å². The molecule has 4 nitrogen and oxygen atoms in total. The molecule has 0 aliphatic carbocycles. The summed E-state index contributed by atoms with van der Waals surface area (Å²) in [6.45, 7) is 0.975. The quantitative estimate of drug-likeness (QED) is 0.762. The van der Waals surface area contributed by atoms with Gasteiger partial charge in [0.05, 0.1) is 16.8 Å². The first-order valence-electron chi connectivity index (χ1n) is 6.57. The second-order valence-electron chi connectivity index (χ2n) is 4.43. The lowest BCUT2D eigenvalue weighted by Gasteiger charge is -2.16. The molecule has 0 radical (unpaired) electrons. The van der Waals surface area contributed by atoms with Gasteiger partial charge < -0.3 is 15.4 Å². The molecule has 0 fully saturated rings. The standard InChI is InChI=1S/C14H19F3N2O2/c1-18-12-10(6-5-7-11(12)14(15,16)17)13(20)19-8-3-4-9-21-2/h5-7,18H,3-4,8-9H2,1-2H3,(H,19,20). The molecule has 0 unspecified atom stereocenters. The maximum absolute atomic E-state index is 12.9. The summed E-state index contributed by atoms with van der Waals surface area (Å²) in [4.78, 5) is 12.0. The van der Waals surface area contributed by atoms with E-state index in [-0.39, 0.29) is 11.3 Å². The predicted molar refractivity (Wildman–Crippen MR) is 74.4 cm³/mol. The van der Waals surface area contributed by atoms with Gasteiger partial charge in [0.25, 0.3) is 5.91 Å². The Balaban J connectivity index is 2.80. The highest BCUT2D eigenvalue weighted by molar-refractivity contribution is 6.00. The van der Waals surface area contributed by atoms with E-state index in [0.717, 1.165) is 12.5 Å². The molecule has 1 aromatic rings. The van der Waals surface area contributed by atoms with Crippen LogP contribution in [0.25, 0.3) is 0 Å². The fourth-order valence-corrected chi connectivity index (χ4v) is 1.92. The van der Waals surface area contributed by atoms with E-state index < -0.39 is 17.6 Å². The number of para-hydroxylation sites is 1. The zero-order valence-corrected chi connectivity index (χ0v) is 12.0. The minimum absolute atomic E-state index is 0.0148. The van der Waals surface area contributed by atoms with Gasteiger partial charge in [-0.3, -0.25) is 4.79 Å². The van der Waals surface area contributed by atoms with Crippen LogP contribution in [0.5, 0.6) is 0 Å². The fraction of sp³-hybridized carbons (Fsp3) is 0.500. The summed E-state index contributed by atoms with van der Waals surface area (Å²) in [5.41, 5.74) is -1.07. The summed E-state index contributed by atoms with van der Waals surface area (Å²) < 4.78 is 43.5. The zero-order chi connectivity index (χ0) is 15.9. The van der Waals surface area contributed by atoms with E-state index in [9.17, 15) is 18.0 Å². The number of halogens is 3. The third-order valence-corrected chi connectivity index (χ3v) is 2.93. The van der Waals surface area contributed by atoms with Crippen LogP contribution in [-0.4, -0.2) is 33.2 Å². The van der Waals surface area contributed by atoms with Crippen molar-refractivity contribution in [1.82, 2.24) is 5.32 Å². The topological polar surface area (TPSA) is 50.4 Å². The molecular weight excluding hydrogens is 285 g/mol. The predicted octanol–water partition coefficient (Wildman–Crippen LogP) is 2.90. The van der Waals surface area contributed by atoms with Crippen molar-refractivity contribution >= 4 is 11.6 Å². The number of carbonyl (C=O) groups excluding carboxylic acids is 1. The van der Waals surface area contributed by atoms with Crippen LogP contribution in [0.1, 0.15) is 28.8 Å². The van der Waals surface area contributed by atoms with Crippen molar-refractivity contribution in [2.45, 2.75) is 19.0 Å². The first-order chi connectivity index (χ1) is 9.91. The van der Waals surface area contributed by atoms with E-state index in [1.165, 1.54) is 19.2 Å². The van der Waals surface area contributed by atoms with Crippen molar-refractivity contribution in [3.05, 3.63) is 29.3 Å². The van der Waals surface area contributed by atoms with Gasteiger partial charge in [0, 0.05) is 27.3 Å². The number of carbonyl (C=O) groups is 1. The van der Waals surface area contributed by atoms with Crippen molar-refractivity contribution in [2.24, 2.45) is 0 Å². The van der Waals surface area contributed by atoms with Gasteiger partial charge in [-0.1, -0.05) is 6.07 Å². The Hall–Kier alpha value is -1.76. The minimum Gasteiger partial charge on any atom is -0.387 e.